The van der Waals surface area contributed by atoms with Crippen molar-refractivity contribution in [2.75, 3.05) is 20.1 Å². The zero-order chi connectivity index (χ0) is 13.2. The number of nitrogens with zero attached hydrogens (tertiary/aromatic N) is 2. The molecule has 1 saturated heterocycles. The van der Waals surface area contributed by atoms with Crippen molar-refractivity contribution in [1.29, 1.82) is 0 Å². The fourth-order valence-corrected chi connectivity index (χ4v) is 2.17. The molecular formula is C14H28N2O. The highest BCUT2D eigenvalue weighted by molar-refractivity contribution is 5.74. The zero-order valence-corrected chi connectivity index (χ0v) is 12.3. The Bertz CT molecular complexity index is 262. The van der Waals surface area contributed by atoms with E-state index in [4.69, 9.17) is 0 Å². The largest absolute Gasteiger partial charge is 0.325 e. The van der Waals surface area contributed by atoms with Crippen molar-refractivity contribution in [2.24, 2.45) is 11.3 Å². The standard InChI is InChI=1S/C14H28N2O/c1-11-7-9-16(10-8-11)13(17)15(6)12(2)14(3,4)5/h11-12H,7-10H2,1-6H3. The van der Waals surface area contributed by atoms with Crippen LogP contribution in [0.3, 0.4) is 0 Å². The van der Waals surface area contributed by atoms with Gasteiger partial charge in [-0.15, -0.1) is 0 Å². The maximum Gasteiger partial charge on any atom is 0.319 e. The number of piperidine rings is 1. The average molecular weight is 240 g/mol. The fraction of sp³-hybridized carbons (Fsp3) is 0.929. The summed E-state index contributed by atoms with van der Waals surface area (Å²) < 4.78 is 0. The second-order valence-corrected chi connectivity index (χ2v) is 6.61. The van der Waals surface area contributed by atoms with Crippen LogP contribution in [-0.2, 0) is 0 Å². The van der Waals surface area contributed by atoms with Gasteiger partial charge in [-0.3, -0.25) is 0 Å². The molecule has 1 heterocycles. The molecule has 1 aliphatic rings. The van der Waals surface area contributed by atoms with E-state index < -0.39 is 0 Å². The number of carbonyl (C=O) groups is 1. The minimum Gasteiger partial charge on any atom is -0.325 e. The van der Waals surface area contributed by atoms with Gasteiger partial charge >= 0.3 is 6.03 Å². The maximum absolute atomic E-state index is 12.3. The fourth-order valence-electron chi connectivity index (χ4n) is 2.17. The monoisotopic (exact) mass is 240 g/mol. The summed E-state index contributed by atoms with van der Waals surface area (Å²) >= 11 is 0. The average Bonchev–Trinajstić information content (AvgIpc) is 2.26. The molecule has 0 radical (unpaired) electrons. The van der Waals surface area contributed by atoms with E-state index >= 15 is 0 Å². The van der Waals surface area contributed by atoms with Crippen LogP contribution in [0.2, 0.25) is 0 Å². The molecule has 1 rings (SSSR count). The molecule has 0 bridgehead atoms. The zero-order valence-electron chi connectivity index (χ0n) is 12.3. The first kappa shape index (κ1) is 14.3. The lowest BCUT2D eigenvalue weighted by atomic mass is 9.87. The highest BCUT2D eigenvalue weighted by atomic mass is 16.2. The number of rotatable bonds is 1. The number of likely N-dealkylation sites (tertiary alicyclic amines) is 1. The van der Waals surface area contributed by atoms with E-state index in [2.05, 4.69) is 34.6 Å². The van der Waals surface area contributed by atoms with Crippen LogP contribution in [0.15, 0.2) is 0 Å². The summed E-state index contributed by atoms with van der Waals surface area (Å²) in [5.41, 5.74) is 0.132. The van der Waals surface area contributed by atoms with Crippen molar-refractivity contribution >= 4 is 6.03 Å². The molecule has 0 saturated carbocycles. The van der Waals surface area contributed by atoms with E-state index in [0.717, 1.165) is 31.8 Å². The Morgan fingerprint density at radius 2 is 1.76 bits per heavy atom. The van der Waals surface area contributed by atoms with E-state index in [0.29, 0.717) is 0 Å². The Morgan fingerprint density at radius 3 is 2.18 bits per heavy atom. The molecule has 1 atom stereocenters. The number of hydrogen-bond donors (Lipinski definition) is 0. The molecule has 3 heteroatoms. The first-order chi connectivity index (χ1) is 7.73. The minimum absolute atomic E-state index is 0.132. The van der Waals surface area contributed by atoms with Crippen LogP contribution < -0.4 is 0 Å². The van der Waals surface area contributed by atoms with Crippen LogP contribution in [0.4, 0.5) is 4.79 Å². The molecule has 0 aromatic carbocycles. The first-order valence-electron chi connectivity index (χ1n) is 6.75. The molecule has 1 unspecified atom stereocenters. The summed E-state index contributed by atoms with van der Waals surface area (Å²) in [7, 11) is 1.93. The summed E-state index contributed by atoms with van der Waals surface area (Å²) in [6.45, 7) is 12.8. The van der Waals surface area contributed by atoms with Crippen LogP contribution in [0.1, 0.15) is 47.5 Å². The van der Waals surface area contributed by atoms with E-state index in [-0.39, 0.29) is 17.5 Å². The molecular weight excluding hydrogens is 212 g/mol. The summed E-state index contributed by atoms with van der Waals surface area (Å²) in [5, 5.41) is 0. The van der Waals surface area contributed by atoms with Crippen molar-refractivity contribution in [3.8, 4) is 0 Å². The smallest absolute Gasteiger partial charge is 0.319 e. The Balaban J connectivity index is 2.58. The second kappa shape index (κ2) is 5.28. The molecule has 0 aliphatic carbocycles. The van der Waals surface area contributed by atoms with Gasteiger partial charge in [0.15, 0.2) is 0 Å². The van der Waals surface area contributed by atoms with Crippen molar-refractivity contribution in [3.05, 3.63) is 0 Å². The minimum atomic E-state index is 0.132. The van der Waals surface area contributed by atoms with Gasteiger partial charge in [0.25, 0.3) is 0 Å². The molecule has 0 aromatic heterocycles. The Kier molecular flexibility index (Phi) is 4.45. The number of urea groups is 1. The quantitative estimate of drug-likeness (QED) is 0.690. The van der Waals surface area contributed by atoms with Gasteiger partial charge in [0.05, 0.1) is 0 Å². The predicted octanol–water partition coefficient (Wildman–Crippen LogP) is 3.20. The van der Waals surface area contributed by atoms with Gasteiger partial charge < -0.3 is 9.80 Å². The molecule has 0 N–H and O–H groups in total. The molecule has 0 aromatic rings. The molecule has 3 nitrogen and oxygen atoms in total. The molecule has 100 valence electrons. The number of hydrogen-bond acceptors (Lipinski definition) is 1. The number of amides is 2. The van der Waals surface area contributed by atoms with Crippen LogP contribution in [-0.4, -0.2) is 42.0 Å². The first-order valence-corrected chi connectivity index (χ1v) is 6.75. The van der Waals surface area contributed by atoms with E-state index in [1.54, 1.807) is 0 Å². The lowest BCUT2D eigenvalue weighted by molar-refractivity contribution is 0.103. The van der Waals surface area contributed by atoms with Crippen molar-refractivity contribution in [2.45, 2.75) is 53.5 Å². The molecule has 0 spiro atoms. The van der Waals surface area contributed by atoms with Gasteiger partial charge in [-0.1, -0.05) is 27.7 Å². The Labute approximate surface area is 106 Å². The summed E-state index contributed by atoms with van der Waals surface area (Å²) in [5.74, 6) is 0.768. The van der Waals surface area contributed by atoms with Crippen LogP contribution in [0.5, 0.6) is 0 Å². The van der Waals surface area contributed by atoms with Gasteiger partial charge in [-0.25, -0.2) is 4.79 Å². The third-order valence-electron chi connectivity index (χ3n) is 4.19. The van der Waals surface area contributed by atoms with E-state index in [1.165, 1.54) is 0 Å². The molecule has 17 heavy (non-hydrogen) atoms. The highest BCUT2D eigenvalue weighted by Gasteiger charge is 2.30. The van der Waals surface area contributed by atoms with Crippen LogP contribution in [0, 0.1) is 11.3 Å². The maximum atomic E-state index is 12.3. The van der Waals surface area contributed by atoms with Gasteiger partial charge in [0.1, 0.15) is 0 Å². The van der Waals surface area contributed by atoms with Gasteiger partial charge in [-0.2, -0.15) is 0 Å². The van der Waals surface area contributed by atoms with E-state index in [9.17, 15) is 4.79 Å². The number of carbonyl (C=O) groups excluding carboxylic acids is 1. The molecule has 1 aliphatic heterocycles. The van der Waals surface area contributed by atoms with E-state index in [1.807, 2.05) is 16.8 Å². The third kappa shape index (κ3) is 3.62. The summed E-state index contributed by atoms with van der Waals surface area (Å²) in [6.07, 6.45) is 2.28. The van der Waals surface area contributed by atoms with Gasteiger partial charge in [0.2, 0.25) is 0 Å². The topological polar surface area (TPSA) is 23.6 Å². The predicted molar refractivity (Wildman–Crippen MR) is 72.0 cm³/mol. The normalized spacial score (nSPS) is 20.2. The summed E-state index contributed by atoms with van der Waals surface area (Å²) in [4.78, 5) is 16.2. The summed E-state index contributed by atoms with van der Waals surface area (Å²) in [6, 6.07) is 0.452. The lowest BCUT2D eigenvalue weighted by Gasteiger charge is -2.40. The lowest BCUT2D eigenvalue weighted by Crippen LogP contribution is -2.51. The molecule has 1 fully saturated rings. The highest BCUT2D eigenvalue weighted by Crippen LogP contribution is 2.25. The van der Waals surface area contributed by atoms with Gasteiger partial charge in [-0.05, 0) is 31.1 Å². The second-order valence-electron chi connectivity index (χ2n) is 6.61. The van der Waals surface area contributed by atoms with Crippen molar-refractivity contribution in [1.82, 2.24) is 9.80 Å². The molecule has 2 amide bonds. The van der Waals surface area contributed by atoms with Crippen LogP contribution >= 0.6 is 0 Å². The third-order valence-corrected chi connectivity index (χ3v) is 4.19. The van der Waals surface area contributed by atoms with Gasteiger partial charge in [0, 0.05) is 26.2 Å². The Morgan fingerprint density at radius 1 is 1.29 bits per heavy atom. The van der Waals surface area contributed by atoms with Crippen molar-refractivity contribution in [3.63, 3.8) is 0 Å². The Hall–Kier alpha value is -0.730. The van der Waals surface area contributed by atoms with Crippen molar-refractivity contribution < 1.29 is 4.79 Å². The SMILES string of the molecule is CC1CCN(C(=O)N(C)C(C)C(C)(C)C)CC1. The van der Waals surface area contributed by atoms with Crippen LogP contribution in [0.25, 0.3) is 0 Å².